The van der Waals surface area contributed by atoms with Gasteiger partial charge in [0.05, 0.1) is 11.6 Å². The van der Waals surface area contributed by atoms with E-state index in [-0.39, 0.29) is 11.9 Å². The van der Waals surface area contributed by atoms with Crippen LogP contribution in [-0.4, -0.2) is 45.5 Å². The van der Waals surface area contributed by atoms with Crippen molar-refractivity contribution in [2.24, 2.45) is 18.9 Å². The third-order valence-corrected chi connectivity index (χ3v) is 9.11. The Balaban J connectivity index is 1.18. The maximum atomic E-state index is 14.0. The normalized spacial score (nSPS) is 20.4. The molecule has 0 unspecified atom stereocenters. The Kier molecular flexibility index (Phi) is 7.96. The third kappa shape index (κ3) is 5.68. The molecule has 0 bridgehead atoms. The zero-order valence-electron chi connectivity index (χ0n) is 24.4. The lowest BCUT2D eigenvalue weighted by atomic mass is 9.81. The van der Waals surface area contributed by atoms with Crippen molar-refractivity contribution < 1.29 is 9.50 Å². The van der Waals surface area contributed by atoms with Crippen molar-refractivity contribution in [1.82, 2.24) is 14.7 Å². The van der Waals surface area contributed by atoms with E-state index in [2.05, 4.69) is 72.2 Å². The number of hydrogen-bond acceptors (Lipinski definition) is 4. The second-order valence-corrected chi connectivity index (χ2v) is 11.9. The lowest BCUT2D eigenvalue weighted by molar-refractivity contribution is 0.0462. The van der Waals surface area contributed by atoms with Crippen LogP contribution >= 0.6 is 0 Å². The van der Waals surface area contributed by atoms with Gasteiger partial charge < -0.3 is 10.0 Å². The van der Waals surface area contributed by atoms with Gasteiger partial charge in [0.2, 0.25) is 0 Å². The Hall–Kier alpha value is -3.48. The number of nitrogens with zero attached hydrogens (tertiary/aromatic N) is 4. The van der Waals surface area contributed by atoms with Gasteiger partial charge in [-0.2, -0.15) is 5.10 Å². The van der Waals surface area contributed by atoms with Crippen LogP contribution in [0.3, 0.4) is 0 Å². The van der Waals surface area contributed by atoms with Crippen LogP contribution in [0.15, 0.2) is 78.5 Å². The van der Waals surface area contributed by atoms with Crippen LogP contribution in [0.4, 0.5) is 10.1 Å². The van der Waals surface area contributed by atoms with E-state index in [0.717, 1.165) is 74.0 Å². The van der Waals surface area contributed by atoms with Crippen molar-refractivity contribution in [3.8, 4) is 11.3 Å². The summed E-state index contributed by atoms with van der Waals surface area (Å²) in [5.41, 5.74) is 8.03. The zero-order chi connectivity index (χ0) is 28.5. The molecular formula is C35H41FN4O. The number of hydrogen-bond donors (Lipinski definition) is 1. The number of aliphatic hydroxyl groups is 1. The molecule has 0 radical (unpaired) electrons. The molecule has 3 aromatic carbocycles. The molecule has 1 aliphatic carbocycles. The number of benzene rings is 3. The minimum absolute atomic E-state index is 0.134. The minimum Gasteiger partial charge on any atom is -0.393 e. The summed E-state index contributed by atoms with van der Waals surface area (Å²) in [7, 11) is 1.99. The number of anilines is 1. The fourth-order valence-electron chi connectivity index (χ4n) is 6.95. The molecule has 4 aromatic rings. The Labute approximate surface area is 242 Å². The number of aliphatic hydroxyl groups excluding tert-OH is 1. The van der Waals surface area contributed by atoms with E-state index in [4.69, 9.17) is 5.10 Å². The van der Waals surface area contributed by atoms with Crippen molar-refractivity contribution in [2.75, 3.05) is 24.5 Å². The highest BCUT2D eigenvalue weighted by Gasteiger charge is 2.33. The number of aryl methyl sites for hydroxylation is 2. The number of fused-ring (bicyclic) bond motifs is 1. The molecule has 1 aliphatic heterocycles. The monoisotopic (exact) mass is 552 g/mol. The summed E-state index contributed by atoms with van der Waals surface area (Å²) >= 11 is 0. The standard InChI is InChI=1S/C35H41FN4O/c1-4-32(40(22-25-19-30(41)20-25)33-14-6-5-9-24(33)2)26-15-17-39(18-16-26)23-28-11-8-13-31-34(37-38(3)35(28)31)27-10-7-12-29(36)21-27/h4-14,21,25-26,30,41H,15-20,22-23H2,1-3H3. The van der Waals surface area contributed by atoms with Crippen LogP contribution in [0.1, 0.15) is 43.7 Å². The van der Waals surface area contributed by atoms with Gasteiger partial charge in [0.25, 0.3) is 0 Å². The first kappa shape index (κ1) is 27.7. The largest absolute Gasteiger partial charge is 0.393 e. The predicted molar refractivity (Wildman–Crippen MR) is 165 cm³/mol. The maximum Gasteiger partial charge on any atom is 0.123 e. The summed E-state index contributed by atoms with van der Waals surface area (Å²) < 4.78 is 15.9. The van der Waals surface area contributed by atoms with Gasteiger partial charge in [0.15, 0.2) is 0 Å². The quantitative estimate of drug-likeness (QED) is 0.254. The van der Waals surface area contributed by atoms with Gasteiger partial charge in [0.1, 0.15) is 11.5 Å². The molecule has 41 heavy (non-hydrogen) atoms. The number of aromatic nitrogens is 2. The Morgan fingerprint density at radius 1 is 1.05 bits per heavy atom. The van der Waals surface area contributed by atoms with Crippen molar-refractivity contribution in [1.29, 1.82) is 0 Å². The highest BCUT2D eigenvalue weighted by atomic mass is 19.1. The SMILES string of the molecule is CC=C(C1CCN(Cc2cccc3c(-c4cccc(F)c4)nn(C)c23)CC1)N(CC1CC(O)C1)c1ccccc1C. The van der Waals surface area contributed by atoms with Gasteiger partial charge in [0, 0.05) is 48.4 Å². The molecule has 2 aliphatic rings. The van der Waals surface area contributed by atoms with Gasteiger partial charge in [-0.1, -0.05) is 54.6 Å². The molecule has 214 valence electrons. The second kappa shape index (κ2) is 11.8. The number of para-hydroxylation sites is 2. The van der Waals surface area contributed by atoms with E-state index >= 15 is 0 Å². The van der Waals surface area contributed by atoms with Crippen molar-refractivity contribution in [3.63, 3.8) is 0 Å². The molecule has 2 heterocycles. The lowest BCUT2D eigenvalue weighted by Crippen LogP contribution is -2.42. The topological polar surface area (TPSA) is 44.5 Å². The average Bonchev–Trinajstić information content (AvgIpc) is 3.30. The van der Waals surface area contributed by atoms with Crippen LogP contribution in [-0.2, 0) is 13.6 Å². The van der Waals surface area contributed by atoms with E-state index in [0.29, 0.717) is 11.8 Å². The molecule has 1 N–H and O–H groups in total. The average molecular weight is 553 g/mol. The van der Waals surface area contributed by atoms with E-state index in [1.54, 1.807) is 12.1 Å². The van der Waals surface area contributed by atoms with E-state index < -0.39 is 0 Å². The molecule has 5 nitrogen and oxygen atoms in total. The van der Waals surface area contributed by atoms with Gasteiger partial charge in [-0.3, -0.25) is 9.58 Å². The Morgan fingerprint density at radius 2 is 1.80 bits per heavy atom. The first-order chi connectivity index (χ1) is 19.9. The van der Waals surface area contributed by atoms with Crippen LogP contribution in [0.2, 0.25) is 0 Å². The summed E-state index contributed by atoms with van der Waals surface area (Å²) in [5, 5.41) is 15.8. The number of piperidine rings is 1. The molecule has 0 amide bonds. The highest BCUT2D eigenvalue weighted by molar-refractivity contribution is 5.95. The lowest BCUT2D eigenvalue weighted by Gasteiger charge is -2.42. The van der Waals surface area contributed by atoms with E-state index in [9.17, 15) is 9.50 Å². The summed E-state index contributed by atoms with van der Waals surface area (Å²) in [6.07, 6.45) is 6.23. The number of allylic oxidation sites excluding steroid dienone is 2. The molecule has 1 saturated carbocycles. The Morgan fingerprint density at radius 3 is 2.51 bits per heavy atom. The first-order valence-corrected chi connectivity index (χ1v) is 15.0. The third-order valence-electron chi connectivity index (χ3n) is 9.11. The van der Waals surface area contributed by atoms with Gasteiger partial charge >= 0.3 is 0 Å². The molecule has 6 rings (SSSR count). The van der Waals surface area contributed by atoms with E-state index in [1.165, 1.54) is 28.6 Å². The smallest absolute Gasteiger partial charge is 0.123 e. The van der Waals surface area contributed by atoms with Gasteiger partial charge in [-0.05, 0) is 87.9 Å². The maximum absolute atomic E-state index is 14.0. The van der Waals surface area contributed by atoms with Crippen LogP contribution in [0, 0.1) is 24.6 Å². The minimum atomic E-state index is -0.243. The molecule has 0 spiro atoms. The van der Waals surface area contributed by atoms with Crippen molar-refractivity contribution >= 4 is 16.6 Å². The van der Waals surface area contributed by atoms with Crippen LogP contribution < -0.4 is 4.90 Å². The predicted octanol–water partition coefficient (Wildman–Crippen LogP) is 7.08. The van der Waals surface area contributed by atoms with Crippen LogP contribution in [0.5, 0.6) is 0 Å². The van der Waals surface area contributed by atoms with Gasteiger partial charge in [-0.25, -0.2) is 4.39 Å². The number of halogens is 1. The number of rotatable bonds is 8. The molecule has 1 aromatic heterocycles. The molecule has 6 heteroatoms. The van der Waals surface area contributed by atoms with E-state index in [1.807, 2.05) is 17.8 Å². The molecule has 1 saturated heterocycles. The van der Waals surface area contributed by atoms with Crippen molar-refractivity contribution in [3.05, 3.63) is 95.4 Å². The van der Waals surface area contributed by atoms with Crippen molar-refractivity contribution in [2.45, 2.75) is 52.2 Å². The fraction of sp³-hybridized carbons (Fsp3) is 0.400. The second-order valence-electron chi connectivity index (χ2n) is 11.9. The number of likely N-dealkylation sites (tertiary alicyclic amines) is 1. The Bertz CT molecular complexity index is 1550. The molecule has 0 atom stereocenters. The summed E-state index contributed by atoms with van der Waals surface area (Å²) in [6, 6.07) is 21.8. The summed E-state index contributed by atoms with van der Waals surface area (Å²) in [4.78, 5) is 5.12. The highest BCUT2D eigenvalue weighted by Crippen LogP contribution is 2.37. The van der Waals surface area contributed by atoms with Gasteiger partial charge in [-0.15, -0.1) is 0 Å². The molecule has 2 fully saturated rings. The summed E-state index contributed by atoms with van der Waals surface area (Å²) in [5.74, 6) is 0.802. The molecular weight excluding hydrogens is 511 g/mol. The zero-order valence-corrected chi connectivity index (χ0v) is 24.4. The first-order valence-electron chi connectivity index (χ1n) is 15.0. The fourth-order valence-corrected chi connectivity index (χ4v) is 6.95. The summed E-state index contributed by atoms with van der Waals surface area (Å²) in [6.45, 7) is 8.30. The van der Waals surface area contributed by atoms with Crippen LogP contribution in [0.25, 0.3) is 22.2 Å².